The molecule has 3 rings (SSSR count). The van der Waals surface area contributed by atoms with Crippen LogP contribution in [0.15, 0.2) is 36.4 Å². The number of aryl methyl sites for hydroxylation is 1. The fourth-order valence-electron chi connectivity index (χ4n) is 3.41. The van der Waals surface area contributed by atoms with E-state index in [0.717, 1.165) is 5.56 Å². The maximum atomic E-state index is 13.1. The van der Waals surface area contributed by atoms with Crippen molar-refractivity contribution in [1.29, 1.82) is 0 Å². The second-order valence-electron chi connectivity index (χ2n) is 7.18. The summed E-state index contributed by atoms with van der Waals surface area (Å²) in [6.07, 6.45) is 1.34. The monoisotopic (exact) mass is 401 g/mol. The molecule has 1 fully saturated rings. The highest BCUT2D eigenvalue weighted by molar-refractivity contribution is 6.30. The van der Waals surface area contributed by atoms with Crippen LogP contribution in [-0.4, -0.2) is 49.0 Å². The van der Waals surface area contributed by atoms with Gasteiger partial charge in [0.1, 0.15) is 5.69 Å². The van der Waals surface area contributed by atoms with Crippen LogP contribution in [0, 0.1) is 6.92 Å². The van der Waals surface area contributed by atoms with Crippen LogP contribution < -0.4 is 5.32 Å². The van der Waals surface area contributed by atoms with Gasteiger partial charge >= 0.3 is 0 Å². The molecule has 1 aromatic carbocycles. The third kappa shape index (κ3) is 4.18. The molecule has 0 bridgehead atoms. The van der Waals surface area contributed by atoms with Gasteiger partial charge in [-0.15, -0.1) is 0 Å². The Morgan fingerprint density at radius 1 is 1.11 bits per heavy atom. The van der Waals surface area contributed by atoms with E-state index in [1.165, 1.54) is 4.90 Å². The Labute approximate surface area is 169 Å². The summed E-state index contributed by atoms with van der Waals surface area (Å²) < 4.78 is 5.51. The Morgan fingerprint density at radius 3 is 2.32 bits per heavy atom. The number of nitrogens with one attached hydrogen (secondary N) is 1. The summed E-state index contributed by atoms with van der Waals surface area (Å²) in [6, 6.07) is 10.8. The number of carbonyl (C=O) groups excluding carboxylic acids is 2. The van der Waals surface area contributed by atoms with E-state index in [2.05, 4.69) is 10.3 Å². The molecule has 1 aromatic heterocycles. The average Bonchev–Trinajstić information content (AvgIpc) is 2.68. The Kier molecular flexibility index (Phi) is 6.01. The summed E-state index contributed by atoms with van der Waals surface area (Å²) >= 11 is 6.03. The topological polar surface area (TPSA) is 71.5 Å². The molecule has 1 aliphatic heterocycles. The minimum Gasteiger partial charge on any atom is -0.381 e. The molecule has 6 nitrogen and oxygen atoms in total. The highest BCUT2D eigenvalue weighted by atomic mass is 35.5. The molecule has 2 amide bonds. The first-order chi connectivity index (χ1) is 13.3. The molecule has 2 aromatic rings. The van der Waals surface area contributed by atoms with Gasteiger partial charge in [-0.25, -0.2) is 4.98 Å². The predicted molar refractivity (Wildman–Crippen MR) is 108 cm³/mol. The lowest BCUT2D eigenvalue weighted by atomic mass is 9.82. The second-order valence-corrected chi connectivity index (χ2v) is 7.62. The summed E-state index contributed by atoms with van der Waals surface area (Å²) in [7, 11) is 3.34. The molecule has 28 heavy (non-hydrogen) atoms. The van der Waals surface area contributed by atoms with Crippen LogP contribution in [-0.2, 0) is 10.3 Å². The van der Waals surface area contributed by atoms with Crippen LogP contribution in [0.1, 0.15) is 44.9 Å². The largest absolute Gasteiger partial charge is 0.381 e. The van der Waals surface area contributed by atoms with Gasteiger partial charge in [0.25, 0.3) is 11.8 Å². The molecule has 1 aliphatic rings. The van der Waals surface area contributed by atoms with Crippen LogP contribution in [0.3, 0.4) is 0 Å². The Morgan fingerprint density at radius 2 is 1.75 bits per heavy atom. The van der Waals surface area contributed by atoms with Crippen LogP contribution in [0.4, 0.5) is 0 Å². The molecule has 0 unspecified atom stereocenters. The van der Waals surface area contributed by atoms with Gasteiger partial charge < -0.3 is 15.0 Å². The van der Waals surface area contributed by atoms with Crippen molar-refractivity contribution in [3.63, 3.8) is 0 Å². The highest BCUT2D eigenvalue weighted by Crippen LogP contribution is 2.33. The van der Waals surface area contributed by atoms with Crippen molar-refractivity contribution in [3.8, 4) is 0 Å². The molecule has 2 heterocycles. The molecule has 0 atom stereocenters. The maximum Gasteiger partial charge on any atom is 0.271 e. The third-order valence-corrected chi connectivity index (χ3v) is 5.30. The van der Waals surface area contributed by atoms with Crippen molar-refractivity contribution in [2.45, 2.75) is 25.3 Å². The standard InChI is InChI=1S/C21H24ClN3O3/c1-14-17(8-9-18(23-14)20(27)25(2)3)19(26)24-21(10-12-28-13-11-21)15-4-6-16(22)7-5-15/h4-9H,10-13H2,1-3H3,(H,24,26). The van der Waals surface area contributed by atoms with Crippen LogP contribution in [0.25, 0.3) is 0 Å². The summed E-state index contributed by atoms with van der Waals surface area (Å²) in [5.74, 6) is -0.414. The normalized spacial score (nSPS) is 15.7. The van der Waals surface area contributed by atoms with E-state index in [1.54, 1.807) is 33.2 Å². The van der Waals surface area contributed by atoms with Crippen molar-refractivity contribution in [3.05, 3.63) is 63.9 Å². The average molecular weight is 402 g/mol. The maximum absolute atomic E-state index is 13.1. The van der Waals surface area contributed by atoms with Crippen molar-refractivity contribution < 1.29 is 14.3 Å². The summed E-state index contributed by atoms with van der Waals surface area (Å²) in [6.45, 7) is 2.87. The first-order valence-electron chi connectivity index (χ1n) is 9.18. The molecule has 0 aliphatic carbocycles. The van der Waals surface area contributed by atoms with Gasteiger partial charge in [0.15, 0.2) is 0 Å². The Balaban J connectivity index is 1.88. The van der Waals surface area contributed by atoms with E-state index in [-0.39, 0.29) is 11.8 Å². The molecule has 7 heteroatoms. The molecule has 1 saturated heterocycles. The van der Waals surface area contributed by atoms with E-state index in [1.807, 2.05) is 24.3 Å². The zero-order valence-corrected chi connectivity index (χ0v) is 17.0. The molecule has 1 N–H and O–H groups in total. The Bertz CT molecular complexity index is 875. The molecule has 0 radical (unpaired) electrons. The van der Waals surface area contributed by atoms with Crippen LogP contribution in [0.5, 0.6) is 0 Å². The number of ether oxygens (including phenoxy) is 1. The second kappa shape index (κ2) is 8.29. The number of halogens is 1. The van der Waals surface area contributed by atoms with Crippen LogP contribution >= 0.6 is 11.6 Å². The summed E-state index contributed by atoms with van der Waals surface area (Å²) in [5, 5.41) is 3.85. The minimum absolute atomic E-state index is 0.197. The van der Waals surface area contributed by atoms with E-state index in [0.29, 0.717) is 48.0 Å². The molecular weight excluding hydrogens is 378 g/mol. The van der Waals surface area contributed by atoms with E-state index in [9.17, 15) is 9.59 Å². The third-order valence-electron chi connectivity index (χ3n) is 5.05. The van der Waals surface area contributed by atoms with Gasteiger partial charge in [-0.1, -0.05) is 23.7 Å². The summed E-state index contributed by atoms with van der Waals surface area (Å²) in [4.78, 5) is 31.0. The number of pyridine rings is 1. The number of amides is 2. The fourth-order valence-corrected chi connectivity index (χ4v) is 3.53. The van der Waals surface area contributed by atoms with Gasteiger partial charge in [-0.05, 0) is 49.6 Å². The first kappa shape index (κ1) is 20.3. The van der Waals surface area contributed by atoms with Gasteiger partial charge in [-0.3, -0.25) is 9.59 Å². The van der Waals surface area contributed by atoms with Crippen LogP contribution in [0.2, 0.25) is 5.02 Å². The van der Waals surface area contributed by atoms with E-state index in [4.69, 9.17) is 16.3 Å². The quantitative estimate of drug-likeness (QED) is 0.854. The fraction of sp³-hybridized carbons (Fsp3) is 0.381. The lowest BCUT2D eigenvalue weighted by Crippen LogP contribution is -2.49. The first-order valence-corrected chi connectivity index (χ1v) is 9.56. The van der Waals surface area contributed by atoms with Crippen molar-refractivity contribution in [2.75, 3.05) is 27.3 Å². The van der Waals surface area contributed by atoms with E-state index >= 15 is 0 Å². The van der Waals surface area contributed by atoms with Gasteiger partial charge in [-0.2, -0.15) is 0 Å². The SMILES string of the molecule is Cc1nc(C(=O)N(C)C)ccc1C(=O)NC1(c2ccc(Cl)cc2)CCOCC1. The Hall–Kier alpha value is -2.44. The number of hydrogen-bond donors (Lipinski definition) is 1. The molecular formula is C21H24ClN3O3. The zero-order valence-electron chi connectivity index (χ0n) is 16.3. The lowest BCUT2D eigenvalue weighted by Gasteiger charge is -2.38. The number of aromatic nitrogens is 1. The minimum atomic E-state index is -0.523. The van der Waals surface area contributed by atoms with Crippen molar-refractivity contribution in [2.24, 2.45) is 0 Å². The van der Waals surface area contributed by atoms with Gasteiger partial charge in [0.2, 0.25) is 0 Å². The molecule has 148 valence electrons. The van der Waals surface area contributed by atoms with Crippen molar-refractivity contribution >= 4 is 23.4 Å². The number of hydrogen-bond acceptors (Lipinski definition) is 4. The highest BCUT2D eigenvalue weighted by Gasteiger charge is 2.36. The van der Waals surface area contributed by atoms with Gasteiger partial charge in [0, 0.05) is 32.3 Å². The summed E-state index contributed by atoms with van der Waals surface area (Å²) in [5.41, 5.74) is 1.76. The number of benzene rings is 1. The van der Waals surface area contributed by atoms with E-state index < -0.39 is 5.54 Å². The molecule has 0 spiro atoms. The smallest absolute Gasteiger partial charge is 0.271 e. The van der Waals surface area contributed by atoms with Crippen molar-refractivity contribution in [1.82, 2.24) is 15.2 Å². The zero-order chi connectivity index (χ0) is 20.3. The number of nitrogens with zero attached hydrogens (tertiary/aromatic N) is 2. The predicted octanol–water partition coefficient (Wildman–Crippen LogP) is 3.18. The molecule has 0 saturated carbocycles. The number of rotatable bonds is 4. The lowest BCUT2D eigenvalue weighted by molar-refractivity contribution is 0.0345. The van der Waals surface area contributed by atoms with Gasteiger partial charge in [0.05, 0.1) is 16.8 Å². The number of carbonyl (C=O) groups is 2.